The second-order valence-electron chi connectivity index (χ2n) is 4.53. The standard InChI is InChI=1S/C18H16FNO3/c1-22-16-10-9-14(12-17(16)23-2)18(21)20-11-5-7-13-6-3-4-8-15(13)19/h3-4,6,8-10,12H,11H2,1-2H3,(H,20,21). The minimum atomic E-state index is -0.383. The second-order valence-corrected chi connectivity index (χ2v) is 4.53. The van der Waals surface area contributed by atoms with Gasteiger partial charge in [0.2, 0.25) is 0 Å². The lowest BCUT2D eigenvalue weighted by Crippen LogP contribution is -2.23. The molecule has 0 heterocycles. The van der Waals surface area contributed by atoms with Crippen molar-refractivity contribution in [3.05, 3.63) is 59.4 Å². The number of methoxy groups -OCH3 is 2. The lowest BCUT2D eigenvalue weighted by molar-refractivity contribution is 0.0958. The molecule has 23 heavy (non-hydrogen) atoms. The Labute approximate surface area is 134 Å². The van der Waals surface area contributed by atoms with Crippen LogP contribution in [0.4, 0.5) is 4.39 Å². The smallest absolute Gasteiger partial charge is 0.252 e. The molecular formula is C18H16FNO3. The van der Waals surface area contributed by atoms with Crippen LogP contribution >= 0.6 is 0 Å². The van der Waals surface area contributed by atoms with Gasteiger partial charge in [-0.05, 0) is 30.3 Å². The van der Waals surface area contributed by atoms with Crippen LogP contribution in [0.2, 0.25) is 0 Å². The zero-order valence-electron chi connectivity index (χ0n) is 12.9. The molecule has 0 aliphatic rings. The number of benzene rings is 2. The number of halogens is 1. The van der Waals surface area contributed by atoms with Gasteiger partial charge in [0.1, 0.15) is 5.82 Å². The number of nitrogens with one attached hydrogen (secondary N) is 1. The van der Waals surface area contributed by atoms with Crippen LogP contribution in [0.25, 0.3) is 0 Å². The van der Waals surface area contributed by atoms with Gasteiger partial charge in [-0.25, -0.2) is 4.39 Å². The molecule has 5 heteroatoms. The van der Waals surface area contributed by atoms with Crippen LogP contribution in [0.1, 0.15) is 15.9 Å². The van der Waals surface area contributed by atoms with Gasteiger partial charge in [0.15, 0.2) is 11.5 Å². The van der Waals surface area contributed by atoms with Crippen LogP contribution in [0.3, 0.4) is 0 Å². The number of carbonyl (C=O) groups excluding carboxylic acids is 1. The average molecular weight is 313 g/mol. The molecule has 0 bridgehead atoms. The Morgan fingerprint density at radius 3 is 2.57 bits per heavy atom. The Balaban J connectivity index is 1.99. The summed E-state index contributed by atoms with van der Waals surface area (Å²) in [5.41, 5.74) is 0.725. The van der Waals surface area contributed by atoms with Crippen molar-refractivity contribution in [2.75, 3.05) is 20.8 Å². The van der Waals surface area contributed by atoms with Crippen molar-refractivity contribution in [3.63, 3.8) is 0 Å². The van der Waals surface area contributed by atoms with Gasteiger partial charge in [0, 0.05) is 5.56 Å². The van der Waals surface area contributed by atoms with E-state index in [1.165, 1.54) is 20.3 Å². The first-order chi connectivity index (χ1) is 11.2. The van der Waals surface area contributed by atoms with Gasteiger partial charge in [-0.3, -0.25) is 4.79 Å². The summed E-state index contributed by atoms with van der Waals surface area (Å²) in [5.74, 6) is 5.73. The Hall–Kier alpha value is -3.00. The Bertz CT molecular complexity index is 762. The summed E-state index contributed by atoms with van der Waals surface area (Å²) < 4.78 is 23.6. The van der Waals surface area contributed by atoms with Gasteiger partial charge >= 0.3 is 0 Å². The summed E-state index contributed by atoms with van der Waals surface area (Å²) in [6, 6.07) is 11.1. The monoisotopic (exact) mass is 313 g/mol. The molecule has 0 radical (unpaired) electrons. The zero-order chi connectivity index (χ0) is 16.7. The number of carbonyl (C=O) groups is 1. The molecule has 1 amide bonds. The van der Waals surface area contributed by atoms with E-state index in [0.717, 1.165) is 0 Å². The fourth-order valence-corrected chi connectivity index (χ4v) is 1.91. The molecule has 0 saturated carbocycles. The van der Waals surface area contributed by atoms with E-state index in [9.17, 15) is 9.18 Å². The molecule has 1 N–H and O–H groups in total. The first kappa shape index (κ1) is 16.4. The Kier molecular flexibility index (Phi) is 5.59. The number of hydrogen-bond acceptors (Lipinski definition) is 3. The highest BCUT2D eigenvalue weighted by Gasteiger charge is 2.09. The molecule has 0 unspecified atom stereocenters. The van der Waals surface area contributed by atoms with Gasteiger partial charge in [-0.1, -0.05) is 24.0 Å². The SMILES string of the molecule is COc1ccc(C(=O)NCC#Cc2ccccc2F)cc1OC. The van der Waals surface area contributed by atoms with Crippen LogP contribution < -0.4 is 14.8 Å². The highest BCUT2D eigenvalue weighted by Crippen LogP contribution is 2.27. The molecule has 0 spiro atoms. The summed E-state index contributed by atoms with van der Waals surface area (Å²) in [6.07, 6.45) is 0. The summed E-state index contributed by atoms with van der Waals surface area (Å²) in [4.78, 5) is 12.0. The third-order valence-electron chi connectivity index (χ3n) is 3.08. The van der Waals surface area contributed by atoms with E-state index in [2.05, 4.69) is 17.2 Å². The van der Waals surface area contributed by atoms with Crippen LogP contribution in [0.15, 0.2) is 42.5 Å². The van der Waals surface area contributed by atoms with Crippen LogP contribution in [0.5, 0.6) is 11.5 Å². The number of rotatable bonds is 4. The Morgan fingerprint density at radius 1 is 1.13 bits per heavy atom. The molecule has 0 saturated heterocycles. The fourth-order valence-electron chi connectivity index (χ4n) is 1.91. The summed E-state index contributed by atoms with van der Waals surface area (Å²) >= 11 is 0. The van der Waals surface area contributed by atoms with E-state index in [1.54, 1.807) is 36.4 Å². The first-order valence-electron chi connectivity index (χ1n) is 6.89. The fraction of sp³-hybridized carbons (Fsp3) is 0.167. The normalized spacial score (nSPS) is 9.52. The molecule has 0 aliphatic carbocycles. The molecule has 0 atom stereocenters. The minimum Gasteiger partial charge on any atom is -0.493 e. The number of hydrogen-bond donors (Lipinski definition) is 1. The molecule has 2 aromatic rings. The molecular weight excluding hydrogens is 297 g/mol. The number of ether oxygens (including phenoxy) is 2. The van der Waals surface area contributed by atoms with E-state index < -0.39 is 0 Å². The van der Waals surface area contributed by atoms with Crippen molar-refractivity contribution in [2.24, 2.45) is 0 Å². The topological polar surface area (TPSA) is 47.6 Å². The highest BCUT2D eigenvalue weighted by atomic mass is 19.1. The van der Waals surface area contributed by atoms with Crippen molar-refractivity contribution in [2.45, 2.75) is 0 Å². The van der Waals surface area contributed by atoms with E-state index >= 15 is 0 Å². The van der Waals surface area contributed by atoms with Gasteiger partial charge < -0.3 is 14.8 Å². The van der Waals surface area contributed by atoms with Crippen molar-refractivity contribution in [3.8, 4) is 23.3 Å². The quantitative estimate of drug-likeness (QED) is 0.883. The van der Waals surface area contributed by atoms with Crippen LogP contribution in [-0.2, 0) is 0 Å². The molecule has 2 rings (SSSR count). The van der Waals surface area contributed by atoms with E-state index in [0.29, 0.717) is 22.6 Å². The van der Waals surface area contributed by atoms with Gasteiger partial charge in [-0.15, -0.1) is 0 Å². The first-order valence-corrected chi connectivity index (χ1v) is 6.89. The highest BCUT2D eigenvalue weighted by molar-refractivity contribution is 5.95. The maximum absolute atomic E-state index is 13.4. The molecule has 0 fully saturated rings. The Morgan fingerprint density at radius 2 is 1.87 bits per heavy atom. The molecule has 0 aromatic heterocycles. The van der Waals surface area contributed by atoms with Gasteiger partial charge in [0.25, 0.3) is 5.91 Å². The largest absolute Gasteiger partial charge is 0.493 e. The minimum absolute atomic E-state index is 0.113. The predicted molar refractivity (Wildman–Crippen MR) is 85.2 cm³/mol. The van der Waals surface area contributed by atoms with Crippen molar-refractivity contribution < 1.29 is 18.7 Å². The lowest BCUT2D eigenvalue weighted by Gasteiger charge is -2.09. The predicted octanol–water partition coefficient (Wildman–Crippen LogP) is 2.62. The third-order valence-corrected chi connectivity index (χ3v) is 3.08. The second kappa shape index (κ2) is 7.85. The van der Waals surface area contributed by atoms with E-state index in [4.69, 9.17) is 9.47 Å². The van der Waals surface area contributed by atoms with Crippen molar-refractivity contribution >= 4 is 5.91 Å². The molecule has 118 valence electrons. The van der Waals surface area contributed by atoms with Crippen molar-refractivity contribution in [1.82, 2.24) is 5.32 Å². The summed E-state index contributed by atoms with van der Waals surface area (Å²) in [7, 11) is 3.02. The maximum atomic E-state index is 13.4. The lowest BCUT2D eigenvalue weighted by atomic mass is 10.2. The van der Waals surface area contributed by atoms with Crippen LogP contribution in [-0.4, -0.2) is 26.7 Å². The van der Waals surface area contributed by atoms with Crippen molar-refractivity contribution in [1.29, 1.82) is 0 Å². The average Bonchev–Trinajstić information content (AvgIpc) is 2.59. The molecule has 0 aliphatic heterocycles. The molecule has 4 nitrogen and oxygen atoms in total. The van der Waals surface area contributed by atoms with E-state index in [1.807, 2.05) is 0 Å². The summed E-state index contributed by atoms with van der Waals surface area (Å²) in [5, 5.41) is 2.65. The zero-order valence-corrected chi connectivity index (χ0v) is 12.9. The van der Waals surface area contributed by atoms with Crippen LogP contribution in [0, 0.1) is 17.7 Å². The third kappa shape index (κ3) is 4.24. The molecule has 2 aromatic carbocycles. The van der Waals surface area contributed by atoms with Gasteiger partial charge in [0.05, 0.1) is 26.3 Å². The summed E-state index contributed by atoms with van der Waals surface area (Å²) in [6.45, 7) is 0.113. The number of amides is 1. The maximum Gasteiger partial charge on any atom is 0.252 e. The van der Waals surface area contributed by atoms with E-state index in [-0.39, 0.29) is 18.3 Å². The van der Waals surface area contributed by atoms with Gasteiger partial charge in [-0.2, -0.15) is 0 Å².